The highest BCUT2D eigenvalue weighted by atomic mass is 16.6. The van der Waals surface area contributed by atoms with Crippen LogP contribution in [-0.2, 0) is 54.1 Å². The molecule has 19 nitrogen and oxygen atoms in total. The molecular formula is C55H65N7O12. The Morgan fingerprint density at radius 3 is 2.39 bits per heavy atom. The number of aliphatic hydroxyl groups is 1. The van der Waals surface area contributed by atoms with E-state index in [0.29, 0.717) is 23.2 Å². The highest BCUT2D eigenvalue weighted by Crippen LogP contribution is 2.61. The monoisotopic (exact) mass is 1020 g/mol. The highest BCUT2D eigenvalue weighted by Gasteiger charge is 2.69. The molecule has 2 aliphatic carbocycles. The van der Waals surface area contributed by atoms with Gasteiger partial charge in [-0.25, -0.2) is 14.4 Å². The van der Waals surface area contributed by atoms with E-state index in [1.54, 1.807) is 61.7 Å². The van der Waals surface area contributed by atoms with Crippen LogP contribution in [0.15, 0.2) is 120 Å². The van der Waals surface area contributed by atoms with E-state index < -0.39 is 114 Å². The Kier molecular flexibility index (Phi) is 16.3. The molecule has 1 spiro atoms. The van der Waals surface area contributed by atoms with Gasteiger partial charge in [0.25, 0.3) is 0 Å². The first-order chi connectivity index (χ1) is 35.5. The second-order valence-corrected chi connectivity index (χ2v) is 19.7. The number of esters is 3. The number of nitrogens with zero attached hydrogens (tertiary/aromatic N) is 1. The minimum absolute atomic E-state index is 0.0693. The highest BCUT2D eigenvalue weighted by molar-refractivity contribution is 6.33. The maximum absolute atomic E-state index is 14.3. The van der Waals surface area contributed by atoms with Crippen LogP contribution in [0.25, 0.3) is 10.8 Å². The summed E-state index contributed by atoms with van der Waals surface area (Å²) in [7, 11) is 1.38. The Balaban J connectivity index is 1.00. The summed E-state index contributed by atoms with van der Waals surface area (Å²) in [5, 5.41) is 22.2. The molecule has 3 heterocycles. The van der Waals surface area contributed by atoms with E-state index in [1.165, 1.54) is 14.0 Å². The number of rotatable bonds is 16. The number of hydrogen-bond donors (Lipinski definition) is 7. The zero-order valence-electron chi connectivity index (χ0n) is 42.0. The number of aliphatic hydroxyl groups excluding tert-OH is 1. The second kappa shape index (κ2) is 22.8. The van der Waals surface area contributed by atoms with Crippen LogP contribution in [-0.4, -0.2) is 120 Å². The number of nitrogens with two attached hydrogens (primary N) is 2. The first-order valence-corrected chi connectivity index (χ1v) is 25.0. The number of aromatic nitrogens is 1. The van der Waals surface area contributed by atoms with Gasteiger partial charge in [-0.3, -0.25) is 19.4 Å². The summed E-state index contributed by atoms with van der Waals surface area (Å²) in [5.41, 5.74) is 12.0. The van der Waals surface area contributed by atoms with Gasteiger partial charge < -0.3 is 61.2 Å². The Bertz CT molecular complexity index is 2800. The predicted octanol–water partition coefficient (Wildman–Crippen LogP) is 4.01. The van der Waals surface area contributed by atoms with Gasteiger partial charge in [-0.2, -0.15) is 0 Å². The number of cyclic esters (lactones) is 1. The fraction of sp³-hybridized carbons (Fsp3) is 0.436. The number of aromatic amines is 1. The van der Waals surface area contributed by atoms with Gasteiger partial charge in [0, 0.05) is 61.5 Å². The average Bonchev–Trinajstić information content (AvgIpc) is 4.04. The lowest BCUT2D eigenvalue weighted by Gasteiger charge is -2.48. The van der Waals surface area contributed by atoms with E-state index in [0.717, 1.165) is 10.8 Å². The molecule has 0 radical (unpaired) electrons. The number of amides is 3. The summed E-state index contributed by atoms with van der Waals surface area (Å²) < 4.78 is 30.8. The molecule has 1 saturated heterocycles. The Hall–Kier alpha value is -7.35. The molecule has 4 bridgehead atoms. The molecule has 3 aromatic carbocycles. The quantitative estimate of drug-likeness (QED) is 0.0159. The summed E-state index contributed by atoms with van der Waals surface area (Å²) in [6.07, 6.45) is 1.89. The Labute approximate surface area is 428 Å². The number of ether oxygens (including phenoxy) is 5. The number of anilines is 1. The lowest BCUT2D eigenvalue weighted by Crippen LogP contribution is -2.57. The fourth-order valence-electron chi connectivity index (χ4n) is 11.2. The number of hydrogen-bond acceptors (Lipinski definition) is 13. The Morgan fingerprint density at radius 1 is 0.932 bits per heavy atom. The summed E-state index contributed by atoms with van der Waals surface area (Å²) in [6.45, 7) is 7.13. The molecule has 4 aliphatic rings. The molecule has 74 heavy (non-hydrogen) atoms. The third-order valence-corrected chi connectivity index (χ3v) is 14.9. The first kappa shape index (κ1) is 53.0. The molecule has 1 saturated carbocycles. The number of H-pyrrole nitrogens is 1. The number of carbonyl (C=O) groups excluding carboxylic acids is 6. The second-order valence-electron chi connectivity index (χ2n) is 19.7. The van der Waals surface area contributed by atoms with E-state index in [1.807, 2.05) is 68.5 Å². The molecule has 9 N–H and O–H groups in total. The molecule has 4 aromatic rings. The van der Waals surface area contributed by atoms with Gasteiger partial charge in [-0.15, -0.1) is 0 Å². The van der Waals surface area contributed by atoms with Gasteiger partial charge in [-0.05, 0) is 79.3 Å². The van der Waals surface area contributed by atoms with Crippen molar-refractivity contribution in [2.75, 3.05) is 19.0 Å². The van der Waals surface area contributed by atoms with Crippen LogP contribution in [0.3, 0.4) is 0 Å². The third-order valence-electron chi connectivity index (χ3n) is 14.9. The smallest absolute Gasteiger partial charge is 0.397 e. The molecule has 392 valence electrons. The maximum atomic E-state index is 14.3. The Morgan fingerprint density at radius 2 is 1.68 bits per heavy atom. The summed E-state index contributed by atoms with van der Waals surface area (Å²) in [4.78, 5) is 90.1. The van der Waals surface area contributed by atoms with Gasteiger partial charge in [-0.1, -0.05) is 92.7 Å². The van der Waals surface area contributed by atoms with Crippen molar-refractivity contribution < 1.29 is 57.6 Å². The predicted molar refractivity (Wildman–Crippen MR) is 273 cm³/mol. The van der Waals surface area contributed by atoms with Crippen molar-refractivity contribution in [1.29, 1.82) is 0 Å². The minimum Gasteiger partial charge on any atom is -0.456 e. The van der Waals surface area contributed by atoms with Crippen molar-refractivity contribution in [1.82, 2.24) is 15.6 Å². The zero-order chi connectivity index (χ0) is 52.8. The van der Waals surface area contributed by atoms with Crippen molar-refractivity contribution in [2.45, 2.75) is 108 Å². The van der Waals surface area contributed by atoms with Crippen molar-refractivity contribution >= 4 is 58.0 Å². The minimum atomic E-state index is -1.37. The number of aliphatic imine (C=N–C) groups is 1. The lowest BCUT2D eigenvalue weighted by molar-refractivity contribution is -0.180. The van der Waals surface area contributed by atoms with E-state index in [-0.39, 0.29) is 43.4 Å². The fourth-order valence-corrected chi connectivity index (χ4v) is 11.2. The van der Waals surface area contributed by atoms with E-state index in [9.17, 15) is 33.9 Å². The van der Waals surface area contributed by atoms with Crippen LogP contribution in [0.2, 0.25) is 0 Å². The lowest BCUT2D eigenvalue weighted by atomic mass is 9.57. The summed E-state index contributed by atoms with van der Waals surface area (Å²) in [6, 6.07) is 22.7. The summed E-state index contributed by atoms with van der Waals surface area (Å²) >= 11 is 0. The van der Waals surface area contributed by atoms with Gasteiger partial charge in [0.2, 0.25) is 11.8 Å². The maximum Gasteiger partial charge on any atom is 0.397 e. The number of nitrogens with one attached hydrogen (secondary N) is 4. The SMILES string of the molecule is CO[C@H]1C[C@H]2C=CC3C4[C@H](O)[C@@H](C)[C@@H](OC(=O)c5ccc[nH]5)[C@@H]3O[C@]42/C(C)=C/[C@@H](C)[C@@H]([C@@H](C)OC(=O)C(=O)NC(Cc2ccccc2)C(=O)N[C@@H](CCCN=C(N)N)C(=O)Nc2ccc3ccccc3c2)OC1=O. The van der Waals surface area contributed by atoms with Crippen LogP contribution >= 0.6 is 0 Å². The molecular weight excluding hydrogens is 951 g/mol. The topological polar surface area (TPSA) is 285 Å². The third kappa shape index (κ3) is 11.2. The number of methoxy groups -OCH3 is 1. The van der Waals surface area contributed by atoms with Crippen LogP contribution in [0, 0.1) is 29.6 Å². The van der Waals surface area contributed by atoms with Gasteiger partial charge in [0.05, 0.1) is 6.10 Å². The molecule has 2 aliphatic heterocycles. The average molecular weight is 1020 g/mol. The van der Waals surface area contributed by atoms with Crippen molar-refractivity contribution in [3.05, 3.63) is 126 Å². The van der Waals surface area contributed by atoms with Crippen molar-refractivity contribution in [3.8, 4) is 0 Å². The van der Waals surface area contributed by atoms with Gasteiger partial charge >= 0.3 is 23.8 Å². The van der Waals surface area contributed by atoms with E-state index >= 15 is 0 Å². The van der Waals surface area contributed by atoms with Gasteiger partial charge in [0.1, 0.15) is 47.8 Å². The molecule has 2 fully saturated rings. The number of fused-ring (bicyclic) bond motifs is 1. The molecule has 3 unspecified atom stereocenters. The molecule has 19 heteroatoms. The van der Waals surface area contributed by atoms with Crippen LogP contribution in [0.4, 0.5) is 5.69 Å². The largest absolute Gasteiger partial charge is 0.456 e. The normalized spacial score (nSPS) is 28.9. The number of benzene rings is 3. The molecule has 1 aromatic heterocycles. The van der Waals surface area contributed by atoms with E-state index in [2.05, 4.69) is 25.9 Å². The van der Waals surface area contributed by atoms with Crippen molar-refractivity contribution in [2.24, 2.45) is 46.0 Å². The number of guanidine groups is 1. The molecule has 3 amide bonds. The van der Waals surface area contributed by atoms with Crippen LogP contribution < -0.4 is 27.4 Å². The summed E-state index contributed by atoms with van der Waals surface area (Å²) in [5.74, 6) is -7.89. The molecule has 8 rings (SSSR count). The first-order valence-electron chi connectivity index (χ1n) is 25.0. The number of carbonyl (C=O) groups is 6. The van der Waals surface area contributed by atoms with Gasteiger partial charge in [0.15, 0.2) is 12.1 Å². The van der Waals surface area contributed by atoms with E-state index in [4.69, 9.17) is 35.2 Å². The zero-order valence-corrected chi connectivity index (χ0v) is 42.0. The van der Waals surface area contributed by atoms with Crippen LogP contribution in [0.1, 0.15) is 63.0 Å². The molecule has 14 atom stereocenters. The van der Waals surface area contributed by atoms with Crippen LogP contribution in [0.5, 0.6) is 0 Å². The standard InChI is InChI=1S/C55H65N7O12/c1-29-25-30(2)55-36(20-22-38-43(55)44(63)31(3)46(47(38)74-55)73-51(67)40-18-12-23-58-40)28-42(70-5)52(68)72-45(29)32(4)71-53(69)50(66)62-41(26-33-13-7-6-8-14-33)49(65)61-39(17-11-24-59-54(56)57)48(64)60-37-21-19-34-15-9-10-16-35(34)27-37/h6-10,12-16,18-23,25,27,29,31-32,36,38-39,41-47,58,63H,11,17,24,26,28H2,1-5H3,(H,60,64)(H,61,65)(H,62,66)(H4,56,57,59)/b30-25+/t29-,31-,32-,36-,38?,39+,41?,42+,43?,44-,45+,46-,47-,55+/m1/s1. The van der Waals surface area contributed by atoms with Crippen molar-refractivity contribution in [3.63, 3.8) is 0 Å².